The van der Waals surface area contributed by atoms with Crippen molar-refractivity contribution in [2.24, 2.45) is 0 Å². The highest BCUT2D eigenvalue weighted by atomic mass is 32.2. The number of sulfonamides is 1. The van der Waals surface area contributed by atoms with E-state index in [-0.39, 0.29) is 56.0 Å². The van der Waals surface area contributed by atoms with Gasteiger partial charge >= 0.3 is 12.2 Å². The molecule has 0 radical (unpaired) electrons. The van der Waals surface area contributed by atoms with Gasteiger partial charge in [-0.3, -0.25) is 4.79 Å². The summed E-state index contributed by atoms with van der Waals surface area (Å²) in [6.45, 7) is 2.06. The summed E-state index contributed by atoms with van der Waals surface area (Å²) >= 11 is 0. The third kappa shape index (κ3) is 5.91. The lowest BCUT2D eigenvalue weighted by Gasteiger charge is -2.34. The number of alkyl halides is 3. The van der Waals surface area contributed by atoms with Crippen molar-refractivity contribution in [1.29, 1.82) is 0 Å². The average Bonchev–Trinajstić information content (AvgIpc) is 2.79. The predicted molar refractivity (Wildman–Crippen MR) is 110 cm³/mol. The fourth-order valence-corrected chi connectivity index (χ4v) is 5.21. The minimum Gasteiger partial charge on any atom is -0.343 e. The molecule has 2 saturated heterocycles. The van der Waals surface area contributed by atoms with Gasteiger partial charge in [-0.05, 0) is 43.5 Å². The van der Waals surface area contributed by atoms with Crippen LogP contribution < -0.4 is 5.32 Å². The average molecular weight is 477 g/mol. The highest BCUT2D eigenvalue weighted by Crippen LogP contribution is 2.30. The summed E-state index contributed by atoms with van der Waals surface area (Å²) in [5.41, 5.74) is -0.920. The van der Waals surface area contributed by atoms with Crippen molar-refractivity contribution < 1.29 is 31.2 Å². The molecular formula is C20H27F3N4O4S. The van der Waals surface area contributed by atoms with Crippen LogP contribution in [0.5, 0.6) is 0 Å². The van der Waals surface area contributed by atoms with E-state index in [1.54, 1.807) is 4.90 Å². The van der Waals surface area contributed by atoms with Crippen LogP contribution in [-0.2, 0) is 21.0 Å². The van der Waals surface area contributed by atoms with E-state index in [1.807, 2.05) is 0 Å². The summed E-state index contributed by atoms with van der Waals surface area (Å²) in [5, 5.41) is 2.69. The molecule has 3 rings (SSSR count). The largest absolute Gasteiger partial charge is 0.416 e. The Labute approximate surface area is 185 Å². The molecule has 8 nitrogen and oxygen atoms in total. The van der Waals surface area contributed by atoms with Gasteiger partial charge in [-0.1, -0.05) is 0 Å². The van der Waals surface area contributed by atoms with Crippen LogP contribution in [0.3, 0.4) is 0 Å². The number of nitrogens with zero attached hydrogens (tertiary/aromatic N) is 3. The van der Waals surface area contributed by atoms with Crippen molar-refractivity contribution in [2.75, 3.05) is 45.8 Å². The van der Waals surface area contributed by atoms with Gasteiger partial charge in [0.1, 0.15) is 0 Å². The number of carbonyl (C=O) groups excluding carboxylic acids is 2. The van der Waals surface area contributed by atoms with Gasteiger partial charge in [-0.15, -0.1) is 0 Å². The molecule has 1 N–H and O–H groups in total. The molecule has 2 aliphatic rings. The lowest BCUT2D eigenvalue weighted by Crippen LogP contribution is -2.53. The lowest BCUT2D eigenvalue weighted by molar-refractivity contribution is -0.137. The second kappa shape index (κ2) is 10.1. The number of piperidine rings is 1. The van der Waals surface area contributed by atoms with Crippen LogP contribution in [0, 0.1) is 0 Å². The molecule has 0 atom stereocenters. The van der Waals surface area contributed by atoms with Gasteiger partial charge in [0.05, 0.1) is 10.5 Å². The minimum absolute atomic E-state index is 0.0115. The fourth-order valence-electron chi connectivity index (χ4n) is 3.79. The van der Waals surface area contributed by atoms with Crippen molar-refractivity contribution in [1.82, 2.24) is 19.4 Å². The minimum atomic E-state index is -4.54. The van der Waals surface area contributed by atoms with E-state index in [2.05, 4.69) is 5.32 Å². The number of amides is 3. The summed E-state index contributed by atoms with van der Waals surface area (Å²) in [6, 6.07) is 2.99. The predicted octanol–water partition coefficient (Wildman–Crippen LogP) is 2.12. The first kappa shape index (κ1) is 24.3. The highest BCUT2D eigenvalue weighted by molar-refractivity contribution is 7.89. The van der Waals surface area contributed by atoms with Crippen LogP contribution in [0.4, 0.5) is 18.0 Å². The van der Waals surface area contributed by atoms with E-state index in [9.17, 15) is 31.2 Å². The third-order valence-corrected chi connectivity index (χ3v) is 7.58. The summed E-state index contributed by atoms with van der Waals surface area (Å²) in [4.78, 5) is 27.5. The SMILES string of the molecule is O=C(CCNC(=O)N1CCN(S(=O)(=O)c2ccc(C(F)(F)F)cc2)CC1)N1CCCCC1. The number of likely N-dealkylation sites (tertiary alicyclic amines) is 1. The maximum atomic E-state index is 12.7. The maximum absolute atomic E-state index is 12.7. The number of piperazine rings is 1. The second-order valence-electron chi connectivity index (χ2n) is 7.84. The van der Waals surface area contributed by atoms with E-state index < -0.39 is 21.8 Å². The molecule has 0 spiro atoms. The fraction of sp³-hybridized carbons (Fsp3) is 0.600. The van der Waals surface area contributed by atoms with E-state index in [0.29, 0.717) is 0 Å². The molecule has 32 heavy (non-hydrogen) atoms. The first-order valence-corrected chi connectivity index (χ1v) is 12.0. The molecule has 1 aromatic rings. The monoisotopic (exact) mass is 476 g/mol. The zero-order valence-electron chi connectivity index (χ0n) is 17.6. The van der Waals surface area contributed by atoms with Crippen LogP contribution in [0.1, 0.15) is 31.2 Å². The molecule has 2 fully saturated rings. The number of halogens is 3. The zero-order chi connectivity index (χ0) is 23.4. The molecule has 0 aliphatic carbocycles. The van der Waals surface area contributed by atoms with E-state index in [1.165, 1.54) is 4.90 Å². The first-order chi connectivity index (χ1) is 15.1. The number of hydrogen-bond acceptors (Lipinski definition) is 4. The Balaban J connectivity index is 1.46. The van der Waals surface area contributed by atoms with Gasteiger partial charge in [0.15, 0.2) is 0 Å². The Morgan fingerprint density at radius 2 is 1.47 bits per heavy atom. The molecule has 0 saturated carbocycles. The summed E-state index contributed by atoms with van der Waals surface area (Å²) in [7, 11) is -3.96. The first-order valence-electron chi connectivity index (χ1n) is 10.6. The summed E-state index contributed by atoms with van der Waals surface area (Å²) < 4.78 is 64.6. The van der Waals surface area contributed by atoms with Gasteiger partial charge < -0.3 is 15.1 Å². The Morgan fingerprint density at radius 1 is 0.875 bits per heavy atom. The quantitative estimate of drug-likeness (QED) is 0.705. The molecule has 1 aromatic carbocycles. The van der Waals surface area contributed by atoms with Crippen LogP contribution in [0.2, 0.25) is 0 Å². The zero-order valence-corrected chi connectivity index (χ0v) is 18.4. The Hall–Kier alpha value is -2.34. The van der Waals surface area contributed by atoms with Crippen LogP contribution >= 0.6 is 0 Å². The topological polar surface area (TPSA) is 90.0 Å². The van der Waals surface area contributed by atoms with Gasteiger partial charge in [0.25, 0.3) is 0 Å². The van der Waals surface area contributed by atoms with Crippen LogP contribution in [-0.4, -0.2) is 80.3 Å². The molecule has 3 amide bonds. The highest BCUT2D eigenvalue weighted by Gasteiger charge is 2.33. The number of benzene rings is 1. The van der Waals surface area contributed by atoms with Gasteiger partial charge in [0.2, 0.25) is 15.9 Å². The number of urea groups is 1. The molecule has 0 aromatic heterocycles. The van der Waals surface area contributed by atoms with Crippen molar-refractivity contribution in [3.8, 4) is 0 Å². The maximum Gasteiger partial charge on any atom is 0.416 e. The molecule has 2 aliphatic heterocycles. The van der Waals surface area contributed by atoms with E-state index >= 15 is 0 Å². The third-order valence-electron chi connectivity index (χ3n) is 5.67. The van der Waals surface area contributed by atoms with E-state index in [4.69, 9.17) is 0 Å². The standard InChI is InChI=1S/C20H27F3N4O4S/c21-20(22,23)16-4-6-17(7-5-16)32(30,31)27-14-12-26(13-15-27)19(29)24-9-8-18(28)25-10-2-1-3-11-25/h4-7H,1-3,8-15H2,(H,24,29). The van der Waals surface area contributed by atoms with Crippen LogP contribution in [0.25, 0.3) is 0 Å². The lowest BCUT2D eigenvalue weighted by atomic mass is 10.1. The number of rotatable bonds is 5. The van der Waals surface area contributed by atoms with Gasteiger partial charge in [-0.2, -0.15) is 17.5 Å². The Morgan fingerprint density at radius 3 is 2.03 bits per heavy atom. The molecule has 178 valence electrons. The number of nitrogens with one attached hydrogen (secondary N) is 1. The van der Waals surface area contributed by atoms with Crippen molar-refractivity contribution in [3.05, 3.63) is 29.8 Å². The second-order valence-corrected chi connectivity index (χ2v) is 9.77. The number of carbonyl (C=O) groups is 2. The molecule has 12 heteroatoms. The molecule has 0 bridgehead atoms. The normalized spacial score (nSPS) is 18.5. The van der Waals surface area contributed by atoms with Crippen molar-refractivity contribution >= 4 is 22.0 Å². The van der Waals surface area contributed by atoms with Crippen molar-refractivity contribution in [3.63, 3.8) is 0 Å². The Bertz CT molecular complexity index is 908. The Kier molecular flexibility index (Phi) is 7.65. The molecular weight excluding hydrogens is 449 g/mol. The summed E-state index contributed by atoms with van der Waals surface area (Å²) in [6.07, 6.45) is -1.20. The van der Waals surface area contributed by atoms with E-state index in [0.717, 1.165) is 60.9 Å². The number of hydrogen-bond donors (Lipinski definition) is 1. The van der Waals surface area contributed by atoms with Gasteiger partial charge in [0, 0.05) is 52.2 Å². The van der Waals surface area contributed by atoms with Crippen LogP contribution in [0.15, 0.2) is 29.2 Å². The summed E-state index contributed by atoms with van der Waals surface area (Å²) in [5.74, 6) is 0.0115. The molecule has 0 unspecified atom stereocenters. The van der Waals surface area contributed by atoms with Gasteiger partial charge in [-0.25, -0.2) is 13.2 Å². The molecule has 2 heterocycles. The smallest absolute Gasteiger partial charge is 0.343 e. The van der Waals surface area contributed by atoms with Crippen molar-refractivity contribution in [2.45, 2.75) is 36.8 Å².